The molecule has 0 bridgehead atoms. The van der Waals surface area contributed by atoms with Crippen LogP contribution in [-0.2, 0) is 0 Å². The van der Waals surface area contributed by atoms with Crippen LogP contribution >= 0.6 is 0 Å². The summed E-state index contributed by atoms with van der Waals surface area (Å²) >= 11 is -2.29. The third-order valence-electron chi connectivity index (χ3n) is 5.95. The maximum atomic E-state index is 5.29. The first-order valence-electron chi connectivity index (χ1n) is 10.9. The van der Waals surface area contributed by atoms with Gasteiger partial charge in [-0.3, -0.25) is 0 Å². The average molecular weight is 473 g/mol. The minimum absolute atomic E-state index is 0.921. The fraction of sp³-hybridized carbons (Fsp3) is 0.520. The van der Waals surface area contributed by atoms with Gasteiger partial charge in [-0.2, -0.15) is 0 Å². The fourth-order valence-electron chi connectivity index (χ4n) is 4.15. The van der Waals surface area contributed by atoms with Crippen LogP contribution in [0.2, 0.25) is 13.3 Å². The minimum atomic E-state index is -2.29. The van der Waals surface area contributed by atoms with Crippen LogP contribution in [0.1, 0.15) is 59.3 Å². The zero-order valence-electron chi connectivity index (χ0n) is 17.9. The summed E-state index contributed by atoms with van der Waals surface area (Å²) in [7, 11) is 1.72. The first-order valence-corrected chi connectivity index (χ1v) is 18.4. The molecule has 0 unspecified atom stereocenters. The Morgan fingerprint density at radius 2 is 1.04 bits per heavy atom. The van der Waals surface area contributed by atoms with Crippen LogP contribution in [0.3, 0.4) is 0 Å². The molecule has 0 N–H and O–H groups in total. The van der Waals surface area contributed by atoms with Crippen LogP contribution in [0.5, 0.6) is 5.75 Å². The first-order chi connectivity index (χ1) is 13.2. The van der Waals surface area contributed by atoms with E-state index < -0.39 is 18.4 Å². The van der Waals surface area contributed by atoms with Crippen molar-refractivity contribution in [3.05, 3.63) is 48.5 Å². The number of methoxy groups -OCH3 is 1. The van der Waals surface area contributed by atoms with E-state index in [9.17, 15) is 0 Å². The van der Waals surface area contributed by atoms with E-state index in [1.54, 1.807) is 10.7 Å². The zero-order valence-corrected chi connectivity index (χ0v) is 20.7. The molecule has 27 heavy (non-hydrogen) atoms. The molecule has 0 spiro atoms. The Morgan fingerprint density at radius 3 is 1.41 bits per heavy atom. The monoisotopic (exact) mass is 474 g/mol. The van der Waals surface area contributed by atoms with E-state index in [4.69, 9.17) is 4.74 Å². The van der Waals surface area contributed by atoms with Crippen molar-refractivity contribution in [1.82, 2.24) is 0 Å². The van der Waals surface area contributed by atoms with Gasteiger partial charge in [0.25, 0.3) is 0 Å². The second-order valence-corrected chi connectivity index (χ2v) is 21.1. The zero-order chi connectivity index (χ0) is 19.5. The summed E-state index contributed by atoms with van der Waals surface area (Å²) < 4.78 is 11.7. The summed E-state index contributed by atoms with van der Waals surface area (Å²) in [5.41, 5.74) is 2.60. The number of rotatable bonds is 12. The van der Waals surface area contributed by atoms with Crippen molar-refractivity contribution in [3.63, 3.8) is 0 Å². The summed E-state index contributed by atoms with van der Waals surface area (Å²) in [5, 5.41) is 0. The predicted molar refractivity (Wildman–Crippen MR) is 123 cm³/mol. The van der Waals surface area contributed by atoms with E-state index >= 15 is 0 Å². The molecular weight excluding hydrogens is 435 g/mol. The van der Waals surface area contributed by atoms with E-state index in [1.165, 1.54) is 63.0 Å². The predicted octanol–water partition coefficient (Wildman–Crippen LogP) is 7.42. The summed E-state index contributed by atoms with van der Waals surface area (Å²) in [6.07, 6.45) is 8.26. The fourth-order valence-corrected chi connectivity index (χ4v) is 20.1. The molecule has 0 saturated heterocycles. The SMILES string of the molecule is CCC[CH2][Sn]([CH2]CCC)([CH2]CCC)[c]1ccc(-c2ccc(OC)cc2)cc1. The molecule has 148 valence electrons. The summed E-state index contributed by atoms with van der Waals surface area (Å²) in [6, 6.07) is 18.2. The number of ether oxygens (including phenoxy) is 1. The summed E-state index contributed by atoms with van der Waals surface area (Å²) in [4.78, 5) is 0. The van der Waals surface area contributed by atoms with Gasteiger partial charge in [0.05, 0.1) is 0 Å². The second-order valence-electron chi connectivity index (χ2n) is 7.90. The molecule has 2 rings (SSSR count). The van der Waals surface area contributed by atoms with Gasteiger partial charge in [0.1, 0.15) is 0 Å². The number of benzene rings is 2. The van der Waals surface area contributed by atoms with Gasteiger partial charge < -0.3 is 0 Å². The van der Waals surface area contributed by atoms with Crippen molar-refractivity contribution in [1.29, 1.82) is 0 Å². The van der Waals surface area contributed by atoms with Crippen molar-refractivity contribution in [2.45, 2.75) is 72.6 Å². The first kappa shape index (κ1) is 22.3. The maximum absolute atomic E-state index is 5.29. The molecule has 2 heteroatoms. The Kier molecular flexibility index (Phi) is 9.75. The number of hydrogen-bond acceptors (Lipinski definition) is 1. The van der Waals surface area contributed by atoms with Gasteiger partial charge in [-0.25, -0.2) is 0 Å². The molecule has 0 amide bonds. The van der Waals surface area contributed by atoms with E-state index in [0.717, 1.165) is 5.75 Å². The quantitative estimate of drug-likeness (QED) is 0.292. The number of hydrogen-bond donors (Lipinski definition) is 0. The molecule has 0 aromatic heterocycles. The molecule has 0 aliphatic carbocycles. The average Bonchev–Trinajstić information content (AvgIpc) is 2.74. The molecule has 0 heterocycles. The van der Waals surface area contributed by atoms with Crippen LogP contribution in [0.15, 0.2) is 48.5 Å². The third kappa shape index (κ3) is 6.27. The molecule has 1 nitrogen and oxygen atoms in total. The van der Waals surface area contributed by atoms with Crippen molar-refractivity contribution in [3.8, 4) is 16.9 Å². The Balaban J connectivity index is 2.29. The molecule has 0 radical (unpaired) electrons. The Bertz CT molecular complexity index is 623. The molecule has 0 saturated carbocycles. The Labute approximate surface area is 171 Å². The summed E-state index contributed by atoms with van der Waals surface area (Å²) in [6.45, 7) is 7.05. The van der Waals surface area contributed by atoms with Crippen molar-refractivity contribution < 1.29 is 4.74 Å². The standard InChI is InChI=1S/C13H11O.3C4H9.Sn/c1-14-13-9-7-12(8-10-13)11-5-3-2-4-6-11;3*1-3-4-2;/h3-10H,1H3;3*1,3-4H2,2H3;. The van der Waals surface area contributed by atoms with Crippen LogP contribution in [0, 0.1) is 0 Å². The van der Waals surface area contributed by atoms with Gasteiger partial charge in [-0.05, 0) is 0 Å². The molecule has 0 aliphatic rings. The Hall–Kier alpha value is -0.961. The summed E-state index contributed by atoms with van der Waals surface area (Å²) in [5.74, 6) is 0.921. The Morgan fingerprint density at radius 1 is 0.630 bits per heavy atom. The molecule has 2 aromatic carbocycles. The normalized spacial score (nSPS) is 11.6. The van der Waals surface area contributed by atoms with Crippen LogP contribution in [0.25, 0.3) is 11.1 Å². The van der Waals surface area contributed by atoms with Crippen LogP contribution in [0.4, 0.5) is 0 Å². The van der Waals surface area contributed by atoms with Crippen molar-refractivity contribution >= 4 is 22.0 Å². The van der Waals surface area contributed by atoms with Gasteiger partial charge in [0.2, 0.25) is 0 Å². The van der Waals surface area contributed by atoms with E-state index in [1.807, 2.05) is 0 Å². The second kappa shape index (κ2) is 11.8. The van der Waals surface area contributed by atoms with E-state index in [-0.39, 0.29) is 0 Å². The van der Waals surface area contributed by atoms with Gasteiger partial charge in [0, 0.05) is 0 Å². The van der Waals surface area contributed by atoms with Gasteiger partial charge in [-0.15, -0.1) is 0 Å². The van der Waals surface area contributed by atoms with Gasteiger partial charge in [0.15, 0.2) is 0 Å². The van der Waals surface area contributed by atoms with E-state index in [2.05, 4.69) is 69.3 Å². The van der Waals surface area contributed by atoms with Crippen molar-refractivity contribution in [2.24, 2.45) is 0 Å². The molecule has 2 aromatic rings. The molecule has 0 aliphatic heterocycles. The molecule has 0 atom stereocenters. The van der Waals surface area contributed by atoms with E-state index in [0.29, 0.717) is 0 Å². The van der Waals surface area contributed by atoms with Gasteiger partial charge in [-0.1, -0.05) is 0 Å². The van der Waals surface area contributed by atoms with Crippen LogP contribution < -0.4 is 8.32 Å². The van der Waals surface area contributed by atoms with Crippen LogP contribution in [-0.4, -0.2) is 25.5 Å². The van der Waals surface area contributed by atoms with Gasteiger partial charge >= 0.3 is 172 Å². The third-order valence-corrected chi connectivity index (χ3v) is 21.6. The topological polar surface area (TPSA) is 9.23 Å². The molecular formula is C25H38OSn. The number of unbranched alkanes of at least 4 members (excludes halogenated alkanes) is 3. The molecule has 0 fully saturated rings. The van der Waals surface area contributed by atoms with Crippen molar-refractivity contribution in [2.75, 3.05) is 7.11 Å².